The molecule has 4 heterocycles. The largest absolute Gasteiger partial charge is 0.453 e. The van der Waals surface area contributed by atoms with Crippen molar-refractivity contribution in [3.8, 4) is 33.9 Å². The molecule has 0 radical (unpaired) electrons. The number of para-hydroxylation sites is 4. The molecule has 0 spiro atoms. The van der Waals surface area contributed by atoms with Crippen LogP contribution in [0.5, 0.6) is 0 Å². The van der Waals surface area contributed by atoms with Gasteiger partial charge in [0.25, 0.3) is 0 Å². The summed E-state index contributed by atoms with van der Waals surface area (Å²) < 4.78 is 10.8. The fourth-order valence-electron chi connectivity index (χ4n) is 7.94. The second kappa shape index (κ2) is 10.8. The highest BCUT2D eigenvalue weighted by atomic mass is 16.3. The predicted molar refractivity (Wildman–Crippen MR) is 209 cm³/mol. The summed E-state index contributed by atoms with van der Waals surface area (Å²) >= 11 is 0. The van der Waals surface area contributed by atoms with Crippen molar-refractivity contribution in [2.75, 3.05) is 0 Å². The number of benzene rings is 7. The first kappa shape index (κ1) is 27.9. The number of rotatable bonds is 4. The molecule has 0 fully saturated rings. The van der Waals surface area contributed by atoms with Crippen molar-refractivity contribution in [3.63, 3.8) is 0 Å². The second-order valence-corrected chi connectivity index (χ2v) is 13.0. The van der Waals surface area contributed by atoms with E-state index in [4.69, 9.17) is 14.4 Å². The number of nitrogens with zero attached hydrogens (tertiary/aromatic N) is 4. The smallest absolute Gasteiger partial charge is 0.235 e. The fourth-order valence-corrected chi connectivity index (χ4v) is 7.94. The van der Waals surface area contributed by atoms with E-state index in [2.05, 4.69) is 167 Å². The quantitative estimate of drug-likeness (QED) is 0.190. The third-order valence-corrected chi connectivity index (χ3v) is 10.2. The van der Waals surface area contributed by atoms with E-state index in [0.29, 0.717) is 11.5 Å². The van der Waals surface area contributed by atoms with Crippen molar-refractivity contribution < 1.29 is 4.42 Å². The molecule has 0 bridgehead atoms. The molecule has 0 atom stereocenters. The Morgan fingerprint density at radius 3 is 1.80 bits per heavy atom. The van der Waals surface area contributed by atoms with Crippen molar-refractivity contribution in [2.45, 2.75) is 0 Å². The summed E-state index contributed by atoms with van der Waals surface area (Å²) in [5.41, 5.74) is 12.5. The van der Waals surface area contributed by atoms with Gasteiger partial charge < -0.3 is 8.98 Å². The zero-order valence-electron chi connectivity index (χ0n) is 27.4. The van der Waals surface area contributed by atoms with Crippen molar-refractivity contribution >= 4 is 65.7 Å². The van der Waals surface area contributed by atoms with Gasteiger partial charge in [-0.25, -0.2) is 9.97 Å². The van der Waals surface area contributed by atoms with Gasteiger partial charge in [0, 0.05) is 38.2 Å². The summed E-state index contributed by atoms with van der Waals surface area (Å²) in [7, 11) is 0. The van der Waals surface area contributed by atoms with E-state index >= 15 is 0 Å². The fraction of sp³-hybridized carbons (Fsp3) is 0. The minimum absolute atomic E-state index is 0.621. The number of aromatic nitrogens is 4. The molecule has 0 aliphatic rings. The molecule has 0 saturated carbocycles. The minimum Gasteiger partial charge on any atom is -0.453 e. The summed E-state index contributed by atoms with van der Waals surface area (Å²) in [6.07, 6.45) is 1.80. The first-order chi connectivity index (χ1) is 25.3. The SMILES string of the molecule is c1ccc(-c2cccc3c4ccccc4n(-c4cccc(-c5ccc6oc7cnc(-n8c9ccccc9c9ccccc98)nc7c6c5)c4)c23)cc1. The molecule has 0 saturated heterocycles. The van der Waals surface area contributed by atoms with Crippen LogP contribution < -0.4 is 0 Å². The van der Waals surface area contributed by atoms with Gasteiger partial charge in [-0.1, -0.05) is 121 Å². The van der Waals surface area contributed by atoms with Crippen molar-refractivity contribution in [3.05, 3.63) is 170 Å². The standard InChI is InChI=1S/C46H28N4O/c1-2-12-29(13-3-1)33-19-11-20-37-36-18-6-7-21-39(36)49(45(33)37)32-15-10-14-30(26-32)31-24-25-42-38(27-31)44-43(51-42)28-47-46(48-44)50-40-22-8-4-16-34(40)35-17-5-9-23-41(35)50/h1-28H. The molecule has 0 aliphatic carbocycles. The van der Waals surface area contributed by atoms with Crippen LogP contribution in [0.1, 0.15) is 0 Å². The van der Waals surface area contributed by atoms with Gasteiger partial charge in [0.15, 0.2) is 5.58 Å². The molecule has 0 N–H and O–H groups in total. The van der Waals surface area contributed by atoms with E-state index in [1.807, 2.05) is 6.07 Å². The monoisotopic (exact) mass is 652 g/mol. The third kappa shape index (κ3) is 4.15. The number of furan rings is 1. The highest BCUT2D eigenvalue weighted by Crippen LogP contribution is 2.39. The lowest BCUT2D eigenvalue weighted by Crippen LogP contribution is -2.00. The van der Waals surface area contributed by atoms with E-state index in [1.54, 1.807) is 6.20 Å². The van der Waals surface area contributed by atoms with Gasteiger partial charge in [0.2, 0.25) is 5.95 Å². The molecule has 0 aliphatic heterocycles. The summed E-state index contributed by atoms with van der Waals surface area (Å²) in [6.45, 7) is 0. The molecular formula is C46H28N4O. The van der Waals surface area contributed by atoms with Crippen molar-refractivity contribution in [2.24, 2.45) is 0 Å². The zero-order chi connectivity index (χ0) is 33.5. The molecule has 5 heteroatoms. The van der Waals surface area contributed by atoms with Crippen LogP contribution in [-0.4, -0.2) is 19.1 Å². The van der Waals surface area contributed by atoms with Crippen LogP contribution in [0, 0.1) is 0 Å². The average molecular weight is 653 g/mol. The van der Waals surface area contributed by atoms with Crippen LogP contribution in [0.25, 0.3) is 99.6 Å². The Balaban J connectivity index is 1.09. The normalized spacial score (nSPS) is 11.9. The molecule has 51 heavy (non-hydrogen) atoms. The highest BCUT2D eigenvalue weighted by molar-refractivity contribution is 6.14. The van der Waals surface area contributed by atoms with Gasteiger partial charge in [-0.05, 0) is 59.2 Å². The number of hydrogen-bond acceptors (Lipinski definition) is 3. The lowest BCUT2D eigenvalue weighted by molar-refractivity contribution is 0.665. The van der Waals surface area contributed by atoms with Crippen LogP contribution in [0.15, 0.2) is 174 Å². The van der Waals surface area contributed by atoms with Gasteiger partial charge in [-0.2, -0.15) is 0 Å². The highest BCUT2D eigenvalue weighted by Gasteiger charge is 2.19. The van der Waals surface area contributed by atoms with E-state index in [0.717, 1.165) is 44.3 Å². The summed E-state index contributed by atoms with van der Waals surface area (Å²) in [5.74, 6) is 0.621. The molecule has 11 aromatic rings. The Morgan fingerprint density at radius 1 is 0.431 bits per heavy atom. The van der Waals surface area contributed by atoms with E-state index in [-0.39, 0.29) is 0 Å². The lowest BCUT2D eigenvalue weighted by atomic mass is 10.0. The van der Waals surface area contributed by atoms with Gasteiger partial charge in [0.1, 0.15) is 11.1 Å². The molecule has 11 rings (SSSR count). The molecule has 7 aromatic carbocycles. The van der Waals surface area contributed by atoms with Crippen molar-refractivity contribution in [1.29, 1.82) is 0 Å². The predicted octanol–water partition coefficient (Wildman–Crippen LogP) is 11.9. The van der Waals surface area contributed by atoms with Gasteiger partial charge in [-0.3, -0.25) is 4.57 Å². The molecule has 5 nitrogen and oxygen atoms in total. The number of fused-ring (bicyclic) bond motifs is 9. The minimum atomic E-state index is 0.621. The van der Waals surface area contributed by atoms with Crippen molar-refractivity contribution in [1.82, 2.24) is 19.1 Å². The Bertz CT molecular complexity index is 3090. The number of hydrogen-bond donors (Lipinski definition) is 0. The maximum Gasteiger partial charge on any atom is 0.235 e. The first-order valence-electron chi connectivity index (χ1n) is 17.2. The van der Waals surface area contributed by atoms with E-state index in [9.17, 15) is 0 Å². The molecule has 0 amide bonds. The zero-order valence-corrected chi connectivity index (χ0v) is 27.4. The molecule has 4 aromatic heterocycles. The van der Waals surface area contributed by atoms with Gasteiger partial charge >= 0.3 is 0 Å². The van der Waals surface area contributed by atoms with Crippen LogP contribution in [0.4, 0.5) is 0 Å². The van der Waals surface area contributed by atoms with Crippen LogP contribution >= 0.6 is 0 Å². The Labute approximate surface area is 292 Å². The molecule has 0 unspecified atom stereocenters. The summed E-state index contributed by atoms with van der Waals surface area (Å²) in [6, 6.07) is 58.0. The Morgan fingerprint density at radius 2 is 1.04 bits per heavy atom. The first-order valence-corrected chi connectivity index (χ1v) is 17.2. The molecule has 238 valence electrons. The maximum absolute atomic E-state index is 6.29. The van der Waals surface area contributed by atoms with Gasteiger partial charge in [0.05, 0.1) is 28.3 Å². The van der Waals surface area contributed by atoms with Crippen LogP contribution in [0.3, 0.4) is 0 Å². The Hall–Kier alpha value is -6.98. The molecular weight excluding hydrogens is 625 g/mol. The summed E-state index contributed by atoms with van der Waals surface area (Å²) in [4.78, 5) is 9.96. The van der Waals surface area contributed by atoms with Crippen LogP contribution in [0.2, 0.25) is 0 Å². The van der Waals surface area contributed by atoms with E-state index < -0.39 is 0 Å². The van der Waals surface area contributed by atoms with Gasteiger partial charge in [-0.15, -0.1) is 0 Å². The van der Waals surface area contributed by atoms with Crippen LogP contribution in [-0.2, 0) is 0 Å². The second-order valence-electron chi connectivity index (χ2n) is 13.0. The average Bonchev–Trinajstić information content (AvgIpc) is 3.85. The topological polar surface area (TPSA) is 48.8 Å². The lowest BCUT2D eigenvalue weighted by Gasteiger charge is -2.13. The van der Waals surface area contributed by atoms with E-state index in [1.165, 1.54) is 43.7 Å². The third-order valence-electron chi connectivity index (χ3n) is 10.2. The Kier molecular flexibility index (Phi) is 5.89. The summed E-state index contributed by atoms with van der Waals surface area (Å²) in [5, 5.41) is 5.79. The maximum atomic E-state index is 6.29.